The molecule has 1 aliphatic carbocycles. The SMILES string of the molecule is OCCCc1cccc(NC2CCCC2)c1. The van der Waals surface area contributed by atoms with Gasteiger partial charge in [0, 0.05) is 18.3 Å². The molecule has 0 aromatic heterocycles. The number of nitrogens with one attached hydrogen (secondary N) is 1. The topological polar surface area (TPSA) is 32.3 Å². The van der Waals surface area contributed by atoms with Gasteiger partial charge in [-0.15, -0.1) is 0 Å². The van der Waals surface area contributed by atoms with Crippen molar-refractivity contribution in [1.29, 1.82) is 0 Å². The molecule has 88 valence electrons. The van der Waals surface area contributed by atoms with E-state index < -0.39 is 0 Å². The number of benzene rings is 1. The fraction of sp³-hybridized carbons (Fsp3) is 0.571. The van der Waals surface area contributed by atoms with Gasteiger partial charge in [-0.2, -0.15) is 0 Å². The van der Waals surface area contributed by atoms with Crippen LogP contribution in [0.25, 0.3) is 0 Å². The van der Waals surface area contributed by atoms with Crippen LogP contribution < -0.4 is 5.32 Å². The summed E-state index contributed by atoms with van der Waals surface area (Å²) in [5, 5.41) is 12.4. The lowest BCUT2D eigenvalue weighted by atomic mass is 10.1. The lowest BCUT2D eigenvalue weighted by Gasteiger charge is -2.14. The van der Waals surface area contributed by atoms with Gasteiger partial charge in [0.2, 0.25) is 0 Å². The summed E-state index contributed by atoms with van der Waals surface area (Å²) in [5.41, 5.74) is 2.55. The number of aliphatic hydroxyl groups excluding tert-OH is 1. The van der Waals surface area contributed by atoms with Gasteiger partial charge in [-0.1, -0.05) is 25.0 Å². The molecule has 0 aliphatic heterocycles. The summed E-state index contributed by atoms with van der Waals surface area (Å²) in [6.45, 7) is 0.278. The maximum Gasteiger partial charge on any atom is 0.0434 e. The summed E-state index contributed by atoms with van der Waals surface area (Å²) < 4.78 is 0. The van der Waals surface area contributed by atoms with E-state index in [0.717, 1.165) is 12.8 Å². The smallest absolute Gasteiger partial charge is 0.0434 e. The maximum atomic E-state index is 8.81. The average molecular weight is 219 g/mol. The summed E-state index contributed by atoms with van der Waals surface area (Å²) in [5.74, 6) is 0. The van der Waals surface area contributed by atoms with E-state index in [1.807, 2.05) is 0 Å². The van der Waals surface area contributed by atoms with E-state index in [9.17, 15) is 0 Å². The molecule has 2 nitrogen and oxygen atoms in total. The van der Waals surface area contributed by atoms with Crippen LogP contribution in [-0.2, 0) is 6.42 Å². The highest BCUT2D eigenvalue weighted by molar-refractivity contribution is 5.46. The first-order valence-corrected chi connectivity index (χ1v) is 6.35. The quantitative estimate of drug-likeness (QED) is 0.798. The second-order valence-electron chi connectivity index (χ2n) is 4.65. The molecular formula is C14H21NO. The Bertz CT molecular complexity index is 318. The van der Waals surface area contributed by atoms with E-state index in [1.165, 1.54) is 36.9 Å². The first-order valence-electron chi connectivity index (χ1n) is 6.35. The van der Waals surface area contributed by atoms with E-state index in [2.05, 4.69) is 29.6 Å². The van der Waals surface area contributed by atoms with Crippen molar-refractivity contribution in [3.05, 3.63) is 29.8 Å². The zero-order chi connectivity index (χ0) is 11.2. The molecule has 0 spiro atoms. The molecule has 0 amide bonds. The second-order valence-corrected chi connectivity index (χ2v) is 4.65. The zero-order valence-corrected chi connectivity index (χ0v) is 9.78. The van der Waals surface area contributed by atoms with Gasteiger partial charge in [0.05, 0.1) is 0 Å². The molecule has 0 bridgehead atoms. The molecule has 16 heavy (non-hydrogen) atoms. The van der Waals surface area contributed by atoms with Crippen LogP contribution in [0, 0.1) is 0 Å². The Morgan fingerprint density at radius 3 is 2.81 bits per heavy atom. The molecule has 1 aliphatic rings. The van der Waals surface area contributed by atoms with E-state index >= 15 is 0 Å². The van der Waals surface area contributed by atoms with E-state index in [4.69, 9.17) is 5.11 Å². The van der Waals surface area contributed by atoms with Gasteiger partial charge in [-0.3, -0.25) is 0 Å². The van der Waals surface area contributed by atoms with Crippen LogP contribution in [0.2, 0.25) is 0 Å². The van der Waals surface area contributed by atoms with Crippen LogP contribution in [-0.4, -0.2) is 17.8 Å². The molecule has 0 heterocycles. The first-order chi connectivity index (χ1) is 7.88. The Morgan fingerprint density at radius 1 is 1.25 bits per heavy atom. The lowest BCUT2D eigenvalue weighted by molar-refractivity contribution is 0.288. The van der Waals surface area contributed by atoms with Crippen molar-refractivity contribution in [2.24, 2.45) is 0 Å². The van der Waals surface area contributed by atoms with Crippen LogP contribution in [0.15, 0.2) is 24.3 Å². The highest BCUT2D eigenvalue weighted by Gasteiger charge is 2.14. The third kappa shape index (κ3) is 3.24. The molecule has 0 atom stereocenters. The molecule has 1 fully saturated rings. The maximum absolute atomic E-state index is 8.81. The fourth-order valence-electron chi connectivity index (χ4n) is 2.41. The minimum absolute atomic E-state index is 0.278. The lowest BCUT2D eigenvalue weighted by Crippen LogP contribution is -2.14. The number of rotatable bonds is 5. The van der Waals surface area contributed by atoms with Crippen LogP contribution in [0.3, 0.4) is 0 Å². The third-order valence-electron chi connectivity index (χ3n) is 3.28. The van der Waals surface area contributed by atoms with Crippen molar-refractivity contribution in [1.82, 2.24) is 0 Å². The predicted octanol–water partition coefficient (Wildman–Crippen LogP) is 2.97. The third-order valence-corrected chi connectivity index (χ3v) is 3.28. The Labute approximate surface area is 97.7 Å². The first kappa shape index (κ1) is 11.5. The van der Waals surface area contributed by atoms with Gasteiger partial charge in [0.15, 0.2) is 0 Å². The number of aliphatic hydroxyl groups is 1. The second kappa shape index (κ2) is 5.90. The minimum Gasteiger partial charge on any atom is -0.396 e. The van der Waals surface area contributed by atoms with Crippen molar-refractivity contribution in [2.75, 3.05) is 11.9 Å². The highest BCUT2D eigenvalue weighted by Crippen LogP contribution is 2.22. The fourth-order valence-corrected chi connectivity index (χ4v) is 2.41. The molecule has 2 heteroatoms. The molecule has 2 rings (SSSR count). The van der Waals surface area contributed by atoms with Gasteiger partial charge < -0.3 is 10.4 Å². The zero-order valence-electron chi connectivity index (χ0n) is 9.78. The summed E-state index contributed by atoms with van der Waals surface area (Å²) >= 11 is 0. The highest BCUT2D eigenvalue weighted by atomic mass is 16.2. The van der Waals surface area contributed by atoms with E-state index in [0.29, 0.717) is 6.04 Å². The normalized spacial score (nSPS) is 16.6. The molecule has 1 aromatic rings. The van der Waals surface area contributed by atoms with Crippen LogP contribution in [0.5, 0.6) is 0 Å². The molecule has 0 unspecified atom stereocenters. The molecule has 1 aromatic carbocycles. The monoisotopic (exact) mass is 219 g/mol. The van der Waals surface area contributed by atoms with Gasteiger partial charge in [0.1, 0.15) is 0 Å². The van der Waals surface area contributed by atoms with E-state index in [1.54, 1.807) is 0 Å². The van der Waals surface area contributed by atoms with Gasteiger partial charge in [-0.25, -0.2) is 0 Å². The summed E-state index contributed by atoms with van der Waals surface area (Å²) in [6, 6.07) is 9.27. The van der Waals surface area contributed by atoms with Crippen molar-refractivity contribution in [3.8, 4) is 0 Å². The molecule has 1 saturated carbocycles. The van der Waals surface area contributed by atoms with Crippen molar-refractivity contribution < 1.29 is 5.11 Å². The van der Waals surface area contributed by atoms with Crippen LogP contribution in [0.1, 0.15) is 37.7 Å². The van der Waals surface area contributed by atoms with Gasteiger partial charge >= 0.3 is 0 Å². The van der Waals surface area contributed by atoms with Crippen molar-refractivity contribution >= 4 is 5.69 Å². The summed E-state index contributed by atoms with van der Waals surface area (Å²) in [4.78, 5) is 0. The Hall–Kier alpha value is -1.02. The number of aryl methyl sites for hydroxylation is 1. The minimum atomic E-state index is 0.278. The van der Waals surface area contributed by atoms with Crippen molar-refractivity contribution in [3.63, 3.8) is 0 Å². The van der Waals surface area contributed by atoms with Crippen LogP contribution in [0.4, 0.5) is 5.69 Å². The van der Waals surface area contributed by atoms with Crippen molar-refractivity contribution in [2.45, 2.75) is 44.6 Å². The number of hydrogen-bond acceptors (Lipinski definition) is 2. The number of hydrogen-bond donors (Lipinski definition) is 2. The Morgan fingerprint density at radius 2 is 2.06 bits per heavy atom. The Kier molecular flexibility index (Phi) is 4.23. The summed E-state index contributed by atoms with van der Waals surface area (Å²) in [6.07, 6.45) is 7.16. The number of anilines is 1. The molecule has 0 saturated heterocycles. The molecular weight excluding hydrogens is 198 g/mol. The molecule has 0 radical (unpaired) electrons. The summed E-state index contributed by atoms with van der Waals surface area (Å²) in [7, 11) is 0. The predicted molar refractivity (Wildman–Crippen MR) is 67.7 cm³/mol. The molecule has 2 N–H and O–H groups in total. The largest absolute Gasteiger partial charge is 0.396 e. The van der Waals surface area contributed by atoms with Crippen LogP contribution >= 0.6 is 0 Å². The van der Waals surface area contributed by atoms with Gasteiger partial charge in [0.25, 0.3) is 0 Å². The Balaban J connectivity index is 1.92. The standard InChI is InChI=1S/C14H21NO/c16-10-4-6-12-5-3-9-14(11-12)15-13-7-1-2-8-13/h3,5,9,11,13,15-16H,1-2,4,6-8,10H2. The van der Waals surface area contributed by atoms with Gasteiger partial charge in [-0.05, 0) is 43.4 Å². The average Bonchev–Trinajstić information content (AvgIpc) is 2.80. The van der Waals surface area contributed by atoms with E-state index in [-0.39, 0.29) is 6.61 Å².